The molecule has 21 heavy (non-hydrogen) atoms. The largest absolute Gasteiger partial charge is 0.378 e. The van der Waals surface area contributed by atoms with Crippen LogP contribution in [0, 0.1) is 11.8 Å². The number of rotatable bonds is 1. The molecule has 2 heterocycles. The first-order chi connectivity index (χ1) is 9.88. The van der Waals surface area contributed by atoms with E-state index in [1.54, 1.807) is 20.0 Å². The van der Waals surface area contributed by atoms with E-state index in [1.165, 1.54) is 11.3 Å². The third-order valence-corrected chi connectivity index (χ3v) is 3.30. The fourth-order valence-electron chi connectivity index (χ4n) is 2.40. The molecule has 3 nitrogen and oxygen atoms in total. The summed E-state index contributed by atoms with van der Waals surface area (Å²) in [7, 11) is 0. The lowest BCUT2D eigenvalue weighted by atomic mass is 9.97. The van der Waals surface area contributed by atoms with Crippen LogP contribution in [0.25, 0.3) is 0 Å². The minimum atomic E-state index is -0.963. The van der Waals surface area contributed by atoms with Crippen LogP contribution in [0.3, 0.4) is 0 Å². The molecule has 0 unspecified atom stereocenters. The molecule has 0 saturated carbocycles. The lowest BCUT2D eigenvalue weighted by molar-refractivity contribution is 0.143. The number of aliphatic hydroxyl groups is 1. The van der Waals surface area contributed by atoms with Crippen LogP contribution in [-0.4, -0.2) is 28.3 Å². The van der Waals surface area contributed by atoms with Gasteiger partial charge in [-0.1, -0.05) is 25.7 Å². The number of fused-ring (bicyclic) bond motifs is 1. The molecule has 1 aliphatic rings. The van der Waals surface area contributed by atoms with Gasteiger partial charge in [0.25, 0.3) is 0 Å². The van der Waals surface area contributed by atoms with Gasteiger partial charge in [-0.2, -0.15) is 0 Å². The van der Waals surface area contributed by atoms with E-state index in [0.717, 1.165) is 24.9 Å². The highest BCUT2D eigenvalue weighted by atomic mass is 16.3. The maximum Gasteiger partial charge on any atom is 0.120 e. The second-order valence-electron chi connectivity index (χ2n) is 5.88. The Morgan fingerprint density at radius 2 is 1.95 bits per heavy atom. The zero-order chi connectivity index (χ0) is 16.0. The van der Waals surface area contributed by atoms with Crippen molar-refractivity contribution in [2.45, 2.75) is 66.0 Å². The molecule has 1 aromatic rings. The average molecular weight is 288 g/mol. The van der Waals surface area contributed by atoms with E-state index in [1.807, 2.05) is 20.0 Å². The normalized spacial score (nSPS) is 13.8. The van der Waals surface area contributed by atoms with Crippen LogP contribution in [0.15, 0.2) is 12.4 Å². The average Bonchev–Trinajstić information content (AvgIpc) is 2.45. The smallest absolute Gasteiger partial charge is 0.120 e. The minimum absolute atomic E-state index is 0.471. The minimum Gasteiger partial charge on any atom is -0.378 e. The van der Waals surface area contributed by atoms with Crippen molar-refractivity contribution in [1.82, 2.24) is 4.98 Å². The lowest BCUT2D eigenvalue weighted by Crippen LogP contribution is -2.35. The first-order valence-corrected chi connectivity index (χ1v) is 7.87. The van der Waals surface area contributed by atoms with Crippen LogP contribution in [0.1, 0.15) is 59.1 Å². The van der Waals surface area contributed by atoms with Crippen molar-refractivity contribution in [1.29, 1.82) is 0 Å². The highest BCUT2D eigenvalue weighted by Gasteiger charge is 2.21. The summed E-state index contributed by atoms with van der Waals surface area (Å²) in [6, 6.07) is 0.471. The molecular weight excluding hydrogens is 260 g/mol. The summed E-state index contributed by atoms with van der Waals surface area (Å²) in [5.74, 6) is 5.96. The van der Waals surface area contributed by atoms with Crippen molar-refractivity contribution in [2.75, 3.05) is 11.4 Å². The van der Waals surface area contributed by atoms with Crippen molar-refractivity contribution >= 4 is 5.69 Å². The third kappa shape index (κ3) is 4.75. The fourth-order valence-corrected chi connectivity index (χ4v) is 2.40. The van der Waals surface area contributed by atoms with Crippen molar-refractivity contribution in [3.63, 3.8) is 0 Å². The third-order valence-electron chi connectivity index (χ3n) is 3.30. The maximum atomic E-state index is 9.72. The molecule has 0 aromatic carbocycles. The van der Waals surface area contributed by atoms with Gasteiger partial charge < -0.3 is 10.0 Å². The molecule has 0 spiro atoms. The van der Waals surface area contributed by atoms with Gasteiger partial charge in [0.2, 0.25) is 0 Å². The van der Waals surface area contributed by atoms with Crippen LogP contribution in [0.4, 0.5) is 5.69 Å². The summed E-state index contributed by atoms with van der Waals surface area (Å²) in [6.45, 7) is 12.9. The zero-order valence-corrected chi connectivity index (χ0v) is 14.2. The van der Waals surface area contributed by atoms with Crippen LogP contribution in [-0.2, 0) is 6.42 Å². The van der Waals surface area contributed by atoms with Gasteiger partial charge in [-0.05, 0) is 46.1 Å². The number of hydrogen-bond donors (Lipinski definition) is 1. The summed E-state index contributed by atoms with van der Waals surface area (Å²) in [4.78, 5) is 6.68. The second-order valence-corrected chi connectivity index (χ2v) is 5.88. The topological polar surface area (TPSA) is 36.4 Å². The first-order valence-electron chi connectivity index (χ1n) is 7.87. The molecule has 2 rings (SSSR count). The number of aromatic nitrogens is 1. The molecule has 0 saturated heterocycles. The summed E-state index contributed by atoms with van der Waals surface area (Å²) in [5.41, 5.74) is 2.45. The van der Waals surface area contributed by atoms with Gasteiger partial charge in [-0.25, -0.2) is 0 Å². The van der Waals surface area contributed by atoms with Crippen molar-refractivity contribution in [2.24, 2.45) is 0 Å². The van der Waals surface area contributed by atoms with Crippen LogP contribution in [0.2, 0.25) is 0 Å². The highest BCUT2D eigenvalue weighted by Crippen LogP contribution is 2.30. The predicted molar refractivity (Wildman–Crippen MR) is 89.6 cm³/mol. The molecule has 3 heteroatoms. The molecule has 1 N–H and O–H groups in total. The van der Waals surface area contributed by atoms with Gasteiger partial charge in [0.05, 0.1) is 11.9 Å². The first kappa shape index (κ1) is 17.5. The van der Waals surface area contributed by atoms with E-state index in [9.17, 15) is 5.11 Å². The Balaban J connectivity index is 0.00000106. The quantitative estimate of drug-likeness (QED) is 0.805. The Morgan fingerprint density at radius 1 is 1.29 bits per heavy atom. The van der Waals surface area contributed by atoms with E-state index in [0.29, 0.717) is 6.04 Å². The molecule has 0 aliphatic carbocycles. The molecule has 0 atom stereocenters. The highest BCUT2D eigenvalue weighted by molar-refractivity contribution is 5.61. The van der Waals surface area contributed by atoms with Crippen LogP contribution >= 0.6 is 0 Å². The van der Waals surface area contributed by atoms with Crippen LogP contribution in [0.5, 0.6) is 0 Å². The number of hydrogen-bond acceptors (Lipinski definition) is 3. The standard InChI is InChI=1S/C16H22N2O.C2H6/c1-12(2)18-9-5-6-14-13(7-8-16(3,4)19)10-17-11-15(14)18;1-2/h10-12,19H,5-6,9H2,1-4H3;1-2H3. The van der Waals surface area contributed by atoms with E-state index >= 15 is 0 Å². The molecule has 116 valence electrons. The molecule has 0 radical (unpaired) electrons. The monoisotopic (exact) mass is 288 g/mol. The summed E-state index contributed by atoms with van der Waals surface area (Å²) in [5, 5.41) is 9.72. The summed E-state index contributed by atoms with van der Waals surface area (Å²) in [6.07, 6.45) is 5.93. The lowest BCUT2D eigenvalue weighted by Gasteiger charge is -2.34. The molecule has 0 amide bonds. The Labute approximate surface area is 129 Å². The van der Waals surface area contributed by atoms with Crippen LogP contribution < -0.4 is 4.90 Å². The predicted octanol–water partition coefficient (Wildman–Crippen LogP) is 3.39. The zero-order valence-electron chi connectivity index (χ0n) is 14.2. The number of pyridine rings is 1. The van der Waals surface area contributed by atoms with Gasteiger partial charge in [0.15, 0.2) is 0 Å². The van der Waals surface area contributed by atoms with Gasteiger partial charge in [-0.15, -0.1) is 0 Å². The van der Waals surface area contributed by atoms with Crippen molar-refractivity contribution in [3.05, 3.63) is 23.5 Å². The van der Waals surface area contributed by atoms with Gasteiger partial charge in [-0.3, -0.25) is 4.98 Å². The Kier molecular flexibility index (Phi) is 6.23. The molecule has 0 fully saturated rings. The summed E-state index contributed by atoms with van der Waals surface area (Å²) >= 11 is 0. The van der Waals surface area contributed by atoms with E-state index in [4.69, 9.17) is 0 Å². The molecular formula is C18H28N2O. The number of nitrogens with zero attached hydrogens (tertiary/aromatic N) is 2. The maximum absolute atomic E-state index is 9.72. The van der Waals surface area contributed by atoms with E-state index in [2.05, 4.69) is 35.6 Å². The second kappa shape index (κ2) is 7.47. The van der Waals surface area contributed by atoms with E-state index < -0.39 is 5.60 Å². The van der Waals surface area contributed by atoms with Crippen molar-refractivity contribution in [3.8, 4) is 11.8 Å². The Hall–Kier alpha value is -1.53. The number of anilines is 1. The molecule has 0 bridgehead atoms. The van der Waals surface area contributed by atoms with Gasteiger partial charge >= 0.3 is 0 Å². The van der Waals surface area contributed by atoms with E-state index in [-0.39, 0.29) is 0 Å². The SMILES string of the molecule is CC.CC(C)N1CCCc2c(C#CC(C)(C)O)cncc21. The molecule has 1 aliphatic heterocycles. The van der Waals surface area contributed by atoms with Gasteiger partial charge in [0.1, 0.15) is 5.60 Å². The van der Waals surface area contributed by atoms with Crippen molar-refractivity contribution < 1.29 is 5.11 Å². The summed E-state index contributed by atoms with van der Waals surface area (Å²) < 4.78 is 0. The molecule has 1 aromatic heterocycles. The fraction of sp³-hybridized carbons (Fsp3) is 0.611. The Bertz CT molecular complexity index is 518. The Morgan fingerprint density at radius 3 is 2.52 bits per heavy atom. The van der Waals surface area contributed by atoms with Gasteiger partial charge in [0, 0.05) is 24.3 Å².